The standard InChI is InChI=1S/C26H27N7O5S/c1-3-37-25(34)18-13-27-26(28-14-18)32-9-6-16(7-10-32)21-22-23(38-31-21)24(30-15-29-22)33-11-8-17-12-19(39(2,35)36)4-5-20(17)33/h4-5,12-16H,3,6-11H2,1-2H3. The number of anilines is 3. The number of carbonyl (C=O) groups excluding carboxylic acids is 1. The van der Waals surface area contributed by atoms with E-state index in [0.29, 0.717) is 52.9 Å². The maximum atomic E-state index is 12.0. The molecule has 202 valence electrons. The van der Waals surface area contributed by atoms with Gasteiger partial charge in [-0.15, -0.1) is 0 Å². The molecule has 1 aromatic carbocycles. The van der Waals surface area contributed by atoms with Crippen LogP contribution in [-0.2, 0) is 21.0 Å². The monoisotopic (exact) mass is 549 g/mol. The van der Waals surface area contributed by atoms with Gasteiger partial charge in [0.15, 0.2) is 15.7 Å². The van der Waals surface area contributed by atoms with Gasteiger partial charge >= 0.3 is 5.97 Å². The Labute approximate surface area is 224 Å². The molecule has 39 heavy (non-hydrogen) atoms. The summed E-state index contributed by atoms with van der Waals surface area (Å²) in [6.07, 6.45) is 8.05. The highest BCUT2D eigenvalue weighted by molar-refractivity contribution is 7.90. The third-order valence-corrected chi connectivity index (χ3v) is 8.32. The molecule has 2 aliphatic rings. The normalized spacial score (nSPS) is 16.1. The van der Waals surface area contributed by atoms with Crippen LogP contribution < -0.4 is 9.80 Å². The number of benzene rings is 1. The number of esters is 1. The van der Waals surface area contributed by atoms with Crippen molar-refractivity contribution >= 4 is 44.4 Å². The lowest BCUT2D eigenvalue weighted by Gasteiger charge is -2.31. The van der Waals surface area contributed by atoms with E-state index in [9.17, 15) is 13.2 Å². The third-order valence-electron chi connectivity index (χ3n) is 7.21. The van der Waals surface area contributed by atoms with Crippen molar-refractivity contribution in [2.24, 2.45) is 0 Å². The smallest absolute Gasteiger partial charge is 0.341 e. The number of hydrogen-bond donors (Lipinski definition) is 0. The summed E-state index contributed by atoms with van der Waals surface area (Å²) in [5.41, 5.74) is 4.20. The quantitative estimate of drug-likeness (QED) is 0.326. The molecule has 0 saturated carbocycles. The highest BCUT2D eigenvalue weighted by Gasteiger charge is 2.31. The summed E-state index contributed by atoms with van der Waals surface area (Å²) < 4.78 is 34.8. The number of rotatable bonds is 6. The number of ether oxygens (including phenoxy) is 1. The van der Waals surface area contributed by atoms with Gasteiger partial charge in [-0.05, 0) is 49.9 Å². The van der Waals surface area contributed by atoms with Crippen LogP contribution in [0.15, 0.2) is 46.3 Å². The molecule has 5 heterocycles. The van der Waals surface area contributed by atoms with Gasteiger partial charge in [0.25, 0.3) is 0 Å². The van der Waals surface area contributed by atoms with Crippen molar-refractivity contribution in [2.75, 3.05) is 42.3 Å². The lowest BCUT2D eigenvalue weighted by molar-refractivity contribution is 0.0525. The van der Waals surface area contributed by atoms with Crippen LogP contribution in [0.5, 0.6) is 0 Å². The van der Waals surface area contributed by atoms with E-state index in [1.807, 2.05) is 11.0 Å². The molecule has 13 heteroatoms. The number of carbonyl (C=O) groups is 1. The molecule has 0 N–H and O–H groups in total. The average molecular weight is 550 g/mol. The molecule has 6 rings (SSSR count). The van der Waals surface area contributed by atoms with Gasteiger partial charge in [-0.1, -0.05) is 5.16 Å². The third kappa shape index (κ3) is 4.67. The highest BCUT2D eigenvalue weighted by atomic mass is 32.2. The lowest BCUT2D eigenvalue weighted by Crippen LogP contribution is -2.34. The number of aromatic nitrogens is 5. The maximum Gasteiger partial charge on any atom is 0.341 e. The van der Waals surface area contributed by atoms with Gasteiger partial charge in [0.1, 0.15) is 17.5 Å². The molecule has 1 fully saturated rings. The van der Waals surface area contributed by atoms with Crippen molar-refractivity contribution in [3.8, 4) is 0 Å². The number of sulfone groups is 1. The minimum atomic E-state index is -3.28. The second kappa shape index (κ2) is 9.88. The van der Waals surface area contributed by atoms with Crippen molar-refractivity contribution in [2.45, 2.75) is 37.0 Å². The van der Waals surface area contributed by atoms with E-state index in [0.717, 1.165) is 42.9 Å². The topological polar surface area (TPSA) is 145 Å². The fraction of sp³-hybridized carbons (Fsp3) is 0.385. The summed E-state index contributed by atoms with van der Waals surface area (Å²) in [4.78, 5) is 34.0. The molecule has 0 amide bonds. The van der Waals surface area contributed by atoms with Gasteiger partial charge in [0.2, 0.25) is 11.5 Å². The van der Waals surface area contributed by atoms with Crippen molar-refractivity contribution < 1.29 is 22.5 Å². The molecule has 0 spiro atoms. The zero-order chi connectivity index (χ0) is 27.1. The van der Waals surface area contributed by atoms with Crippen LogP contribution in [0, 0.1) is 0 Å². The Kier molecular flexibility index (Phi) is 6.37. The van der Waals surface area contributed by atoms with Crippen molar-refractivity contribution in [3.63, 3.8) is 0 Å². The van der Waals surface area contributed by atoms with Crippen LogP contribution in [-0.4, -0.2) is 72.0 Å². The van der Waals surface area contributed by atoms with E-state index in [-0.39, 0.29) is 5.92 Å². The minimum Gasteiger partial charge on any atom is -0.462 e. The number of nitrogens with zero attached hydrogens (tertiary/aromatic N) is 7. The highest BCUT2D eigenvalue weighted by Crippen LogP contribution is 2.40. The Hall–Kier alpha value is -4.13. The zero-order valence-corrected chi connectivity index (χ0v) is 22.4. The summed E-state index contributed by atoms with van der Waals surface area (Å²) in [7, 11) is -3.28. The lowest BCUT2D eigenvalue weighted by atomic mass is 9.93. The molecule has 3 aromatic heterocycles. The van der Waals surface area contributed by atoms with E-state index < -0.39 is 15.8 Å². The van der Waals surface area contributed by atoms with Crippen molar-refractivity contribution in [1.29, 1.82) is 0 Å². The first-order valence-electron chi connectivity index (χ1n) is 12.8. The van der Waals surface area contributed by atoms with Crippen LogP contribution in [0.3, 0.4) is 0 Å². The van der Waals surface area contributed by atoms with Crippen LogP contribution in [0.1, 0.15) is 47.3 Å². The van der Waals surface area contributed by atoms with Gasteiger partial charge in [0.05, 0.1) is 17.1 Å². The van der Waals surface area contributed by atoms with E-state index >= 15 is 0 Å². The van der Waals surface area contributed by atoms with Gasteiger partial charge in [0, 0.05) is 49.9 Å². The van der Waals surface area contributed by atoms with Crippen LogP contribution in [0.2, 0.25) is 0 Å². The zero-order valence-electron chi connectivity index (χ0n) is 21.6. The molecule has 0 atom stereocenters. The number of fused-ring (bicyclic) bond motifs is 2. The molecule has 1 saturated heterocycles. The summed E-state index contributed by atoms with van der Waals surface area (Å²) in [5, 5.41) is 4.42. The second-order valence-electron chi connectivity index (χ2n) is 9.66. The summed E-state index contributed by atoms with van der Waals surface area (Å²) in [5.74, 6) is 0.908. The number of piperidine rings is 1. The summed E-state index contributed by atoms with van der Waals surface area (Å²) in [6.45, 7) is 4.15. The molecule has 0 unspecified atom stereocenters. The predicted octanol–water partition coefficient (Wildman–Crippen LogP) is 3.07. The van der Waals surface area contributed by atoms with Gasteiger partial charge < -0.3 is 19.1 Å². The SMILES string of the molecule is CCOC(=O)c1cnc(N2CCC(c3noc4c(N5CCc6cc(S(C)(=O)=O)ccc65)ncnc34)CC2)nc1. The number of hydrogen-bond acceptors (Lipinski definition) is 12. The Bertz CT molecular complexity index is 1650. The Morgan fingerprint density at radius 3 is 2.59 bits per heavy atom. The molecule has 2 aliphatic heterocycles. The first-order valence-corrected chi connectivity index (χ1v) is 14.7. The Balaban J connectivity index is 1.19. The first-order chi connectivity index (χ1) is 18.8. The molecular formula is C26H27N7O5S. The van der Waals surface area contributed by atoms with Crippen LogP contribution in [0.25, 0.3) is 11.1 Å². The van der Waals surface area contributed by atoms with Crippen LogP contribution >= 0.6 is 0 Å². The van der Waals surface area contributed by atoms with E-state index in [1.54, 1.807) is 19.1 Å². The van der Waals surface area contributed by atoms with Gasteiger partial charge in [-0.2, -0.15) is 0 Å². The largest absolute Gasteiger partial charge is 0.462 e. The van der Waals surface area contributed by atoms with Crippen molar-refractivity contribution in [1.82, 2.24) is 25.1 Å². The van der Waals surface area contributed by atoms with Crippen LogP contribution in [0.4, 0.5) is 17.5 Å². The Morgan fingerprint density at radius 2 is 1.87 bits per heavy atom. The molecule has 12 nitrogen and oxygen atoms in total. The molecule has 4 aromatic rings. The predicted molar refractivity (Wildman–Crippen MR) is 142 cm³/mol. The Morgan fingerprint density at radius 1 is 1.10 bits per heavy atom. The first kappa shape index (κ1) is 25.2. The molecule has 0 aliphatic carbocycles. The van der Waals surface area contributed by atoms with Gasteiger partial charge in [-0.3, -0.25) is 0 Å². The van der Waals surface area contributed by atoms with E-state index in [4.69, 9.17) is 9.26 Å². The molecule has 0 radical (unpaired) electrons. The average Bonchev–Trinajstić information content (AvgIpc) is 3.57. The van der Waals surface area contributed by atoms with Gasteiger partial charge in [-0.25, -0.2) is 33.1 Å². The summed E-state index contributed by atoms with van der Waals surface area (Å²) >= 11 is 0. The second-order valence-corrected chi connectivity index (χ2v) is 11.7. The van der Waals surface area contributed by atoms with Crippen molar-refractivity contribution in [3.05, 3.63) is 53.7 Å². The molecular weight excluding hydrogens is 522 g/mol. The van der Waals surface area contributed by atoms with E-state index in [2.05, 4.69) is 30.0 Å². The maximum absolute atomic E-state index is 12.0. The molecule has 0 bridgehead atoms. The fourth-order valence-corrected chi connectivity index (χ4v) is 5.89. The summed E-state index contributed by atoms with van der Waals surface area (Å²) in [6, 6.07) is 5.18. The van der Waals surface area contributed by atoms with E-state index in [1.165, 1.54) is 25.0 Å². The minimum absolute atomic E-state index is 0.146. The fourth-order valence-electron chi connectivity index (χ4n) is 5.22.